The maximum absolute atomic E-state index is 4.33. The zero-order valence-electron chi connectivity index (χ0n) is 9.89. The van der Waals surface area contributed by atoms with Gasteiger partial charge in [0.05, 0.1) is 0 Å². The molecule has 2 rings (SSSR count). The van der Waals surface area contributed by atoms with E-state index in [4.69, 9.17) is 0 Å². The SMILES string of the molecule is CC(=NNC(=[Se])N1CCCC1)c1ccccn1. The molecule has 0 unspecified atom stereocenters. The van der Waals surface area contributed by atoms with E-state index in [0.29, 0.717) is 0 Å². The van der Waals surface area contributed by atoms with Gasteiger partial charge in [-0.2, -0.15) is 0 Å². The molecule has 5 heteroatoms. The standard InChI is InChI=1S/C12H16N4Se/c1-10(11-6-2-3-7-13-11)14-15-12(17)16-8-4-5-9-16/h2-3,6-7H,4-5,8-9H2,1H3,(H,15,17). The molecule has 90 valence electrons. The summed E-state index contributed by atoms with van der Waals surface area (Å²) in [5, 5.41) is 4.33. The summed E-state index contributed by atoms with van der Waals surface area (Å²) in [6.07, 6.45) is 4.29. The van der Waals surface area contributed by atoms with Crippen molar-refractivity contribution in [2.75, 3.05) is 13.1 Å². The zero-order valence-corrected chi connectivity index (χ0v) is 11.6. The predicted octanol–water partition coefficient (Wildman–Crippen LogP) is 0.747. The number of hydrogen-bond acceptors (Lipinski definition) is 4. The first-order valence-corrected chi connectivity index (χ1v) is 6.63. The molecule has 0 radical (unpaired) electrons. The summed E-state index contributed by atoms with van der Waals surface area (Å²) in [6.45, 7) is 4.16. The number of pyridine rings is 1. The molecule has 0 amide bonds. The van der Waals surface area contributed by atoms with Crippen molar-refractivity contribution in [2.45, 2.75) is 19.8 Å². The third-order valence-corrected chi connectivity index (χ3v) is 3.48. The van der Waals surface area contributed by atoms with Crippen LogP contribution < -0.4 is 5.43 Å². The van der Waals surface area contributed by atoms with Gasteiger partial charge in [0, 0.05) is 0 Å². The second-order valence-corrected chi connectivity index (χ2v) is 4.83. The minimum absolute atomic E-state index is 0.887. The predicted molar refractivity (Wildman–Crippen MR) is 71.2 cm³/mol. The number of hydrogen-bond donors (Lipinski definition) is 1. The first kappa shape index (κ1) is 12.3. The van der Waals surface area contributed by atoms with Crippen molar-refractivity contribution in [1.29, 1.82) is 0 Å². The Kier molecular flexibility index (Phi) is 4.29. The van der Waals surface area contributed by atoms with E-state index in [0.717, 1.165) is 29.2 Å². The van der Waals surface area contributed by atoms with Crippen molar-refractivity contribution in [2.24, 2.45) is 5.10 Å². The van der Waals surface area contributed by atoms with Crippen LogP contribution in [0.4, 0.5) is 0 Å². The van der Waals surface area contributed by atoms with E-state index in [1.165, 1.54) is 12.8 Å². The van der Waals surface area contributed by atoms with Gasteiger partial charge in [-0.3, -0.25) is 0 Å². The molecule has 4 nitrogen and oxygen atoms in total. The fourth-order valence-corrected chi connectivity index (χ4v) is 2.24. The van der Waals surface area contributed by atoms with E-state index in [-0.39, 0.29) is 0 Å². The second-order valence-electron chi connectivity index (χ2n) is 4.02. The summed E-state index contributed by atoms with van der Waals surface area (Å²) < 4.78 is 0.998. The van der Waals surface area contributed by atoms with Crippen LogP contribution in [0.3, 0.4) is 0 Å². The number of nitrogens with zero attached hydrogens (tertiary/aromatic N) is 3. The molecule has 1 aromatic rings. The van der Waals surface area contributed by atoms with Crippen LogP contribution in [0.5, 0.6) is 0 Å². The molecule has 0 spiro atoms. The van der Waals surface area contributed by atoms with Crippen molar-refractivity contribution in [1.82, 2.24) is 15.3 Å². The second kappa shape index (κ2) is 5.94. The van der Waals surface area contributed by atoms with E-state index in [1.54, 1.807) is 6.20 Å². The Morgan fingerprint density at radius 1 is 1.41 bits per heavy atom. The topological polar surface area (TPSA) is 40.5 Å². The van der Waals surface area contributed by atoms with Crippen LogP contribution in [-0.2, 0) is 0 Å². The monoisotopic (exact) mass is 296 g/mol. The Bertz CT molecular complexity index is 410. The number of rotatable bonds is 4. The van der Waals surface area contributed by atoms with Crippen molar-refractivity contribution >= 4 is 26.0 Å². The summed E-state index contributed by atoms with van der Waals surface area (Å²) in [5.41, 5.74) is 4.84. The van der Waals surface area contributed by atoms with E-state index >= 15 is 0 Å². The van der Waals surface area contributed by atoms with Gasteiger partial charge in [-0.1, -0.05) is 0 Å². The van der Waals surface area contributed by atoms with Crippen LogP contribution in [0, 0.1) is 0 Å². The van der Waals surface area contributed by atoms with Gasteiger partial charge in [0.15, 0.2) is 0 Å². The van der Waals surface area contributed by atoms with Crippen LogP contribution in [0.1, 0.15) is 25.5 Å². The van der Waals surface area contributed by atoms with Crippen molar-refractivity contribution in [3.05, 3.63) is 30.1 Å². The van der Waals surface area contributed by atoms with E-state index in [2.05, 4.69) is 36.0 Å². The Labute approximate surface area is 109 Å². The van der Waals surface area contributed by atoms with Crippen LogP contribution >= 0.6 is 0 Å². The average molecular weight is 295 g/mol. The van der Waals surface area contributed by atoms with Crippen LogP contribution in [0.2, 0.25) is 0 Å². The Morgan fingerprint density at radius 3 is 2.82 bits per heavy atom. The first-order chi connectivity index (χ1) is 8.27. The number of nitrogens with one attached hydrogen (secondary N) is 1. The van der Waals surface area contributed by atoms with E-state index in [1.807, 2.05) is 25.1 Å². The molecule has 1 aromatic heterocycles. The summed E-state index contributed by atoms with van der Waals surface area (Å²) in [7, 11) is 0. The quantitative estimate of drug-likeness (QED) is 0.506. The normalized spacial score (nSPS) is 16.1. The summed E-state index contributed by atoms with van der Waals surface area (Å²) in [6, 6.07) is 5.82. The van der Waals surface area contributed by atoms with Gasteiger partial charge in [0.2, 0.25) is 0 Å². The maximum atomic E-state index is 4.33. The average Bonchev–Trinajstić information content (AvgIpc) is 2.90. The molecule has 0 atom stereocenters. The molecule has 0 aliphatic carbocycles. The van der Waals surface area contributed by atoms with Crippen LogP contribution in [-0.4, -0.2) is 48.9 Å². The van der Waals surface area contributed by atoms with Crippen molar-refractivity contribution < 1.29 is 0 Å². The molecule has 1 aliphatic rings. The molecule has 0 saturated carbocycles. The number of hydrazone groups is 1. The van der Waals surface area contributed by atoms with Gasteiger partial charge >= 0.3 is 109 Å². The van der Waals surface area contributed by atoms with Crippen molar-refractivity contribution in [3.63, 3.8) is 0 Å². The first-order valence-electron chi connectivity index (χ1n) is 5.78. The van der Waals surface area contributed by atoms with Gasteiger partial charge in [-0.05, 0) is 0 Å². The molecule has 0 aromatic carbocycles. The third kappa shape index (κ3) is 3.38. The number of aromatic nitrogens is 1. The Hall–Kier alpha value is -1.19. The molecule has 1 saturated heterocycles. The molecule has 1 fully saturated rings. The van der Waals surface area contributed by atoms with Crippen LogP contribution in [0.15, 0.2) is 29.5 Å². The molecule has 2 heterocycles. The van der Waals surface area contributed by atoms with Gasteiger partial charge < -0.3 is 0 Å². The zero-order chi connectivity index (χ0) is 12.1. The summed E-state index contributed by atoms with van der Waals surface area (Å²) >= 11 is 3.03. The molecule has 1 aliphatic heterocycles. The van der Waals surface area contributed by atoms with Crippen LogP contribution in [0.25, 0.3) is 0 Å². The van der Waals surface area contributed by atoms with Gasteiger partial charge in [-0.15, -0.1) is 0 Å². The summed E-state index contributed by atoms with van der Waals surface area (Å²) in [5.74, 6) is 0. The molecule has 0 bridgehead atoms. The minimum atomic E-state index is 0.887. The Morgan fingerprint density at radius 2 is 2.18 bits per heavy atom. The van der Waals surface area contributed by atoms with Crippen molar-refractivity contribution in [3.8, 4) is 0 Å². The van der Waals surface area contributed by atoms with E-state index in [9.17, 15) is 0 Å². The van der Waals surface area contributed by atoms with E-state index < -0.39 is 0 Å². The molecule has 17 heavy (non-hydrogen) atoms. The Balaban J connectivity index is 1.94. The van der Waals surface area contributed by atoms with Gasteiger partial charge in [0.25, 0.3) is 0 Å². The molecular formula is C12H16N4Se. The fraction of sp³-hybridized carbons (Fsp3) is 0.417. The summed E-state index contributed by atoms with van der Waals surface area (Å²) in [4.78, 5) is 6.52. The van der Waals surface area contributed by atoms with Gasteiger partial charge in [0.1, 0.15) is 0 Å². The van der Waals surface area contributed by atoms with Gasteiger partial charge in [-0.25, -0.2) is 0 Å². The molecular weight excluding hydrogens is 279 g/mol. The fourth-order valence-electron chi connectivity index (χ4n) is 1.76. The third-order valence-electron chi connectivity index (χ3n) is 2.75. The number of likely N-dealkylation sites (tertiary alicyclic amines) is 1. The molecule has 1 N–H and O–H groups in total.